The van der Waals surface area contributed by atoms with Gasteiger partial charge in [-0.15, -0.1) is 0 Å². The van der Waals surface area contributed by atoms with Gasteiger partial charge in [0.1, 0.15) is 11.6 Å². The largest absolute Gasteiger partial charge is 0.379 e. The van der Waals surface area contributed by atoms with Crippen molar-refractivity contribution < 1.29 is 13.9 Å². The summed E-state index contributed by atoms with van der Waals surface area (Å²) in [5, 5.41) is 3.34. The van der Waals surface area contributed by atoms with Gasteiger partial charge >= 0.3 is 0 Å². The van der Waals surface area contributed by atoms with E-state index in [9.17, 15) is 9.18 Å². The average molecular weight is 344 g/mol. The van der Waals surface area contributed by atoms with Gasteiger partial charge in [0.25, 0.3) is 0 Å². The first-order valence-corrected chi connectivity index (χ1v) is 7.69. The molecule has 2 atom stereocenters. The highest BCUT2D eigenvalue weighted by atomic mass is 79.9. The summed E-state index contributed by atoms with van der Waals surface area (Å²) in [5.41, 5.74) is 0.691. The number of benzene rings is 1. The minimum Gasteiger partial charge on any atom is -0.379 e. The SMILES string of the molecule is CCCNC1COCC1C(=O)Cc1cc(F)ccc1Br. The zero-order chi connectivity index (χ0) is 14.5. The minimum absolute atomic E-state index is 0.0785. The summed E-state index contributed by atoms with van der Waals surface area (Å²) in [6, 6.07) is 4.50. The van der Waals surface area contributed by atoms with Crippen LogP contribution in [0.2, 0.25) is 0 Å². The Morgan fingerprint density at radius 2 is 2.30 bits per heavy atom. The molecule has 1 aliphatic rings. The van der Waals surface area contributed by atoms with Gasteiger partial charge in [-0.3, -0.25) is 4.79 Å². The molecule has 1 saturated heterocycles. The number of carbonyl (C=O) groups excluding carboxylic acids is 1. The van der Waals surface area contributed by atoms with E-state index in [1.165, 1.54) is 12.1 Å². The summed E-state index contributed by atoms with van der Waals surface area (Å²) in [6.45, 7) is 3.98. The van der Waals surface area contributed by atoms with Crippen molar-refractivity contribution >= 4 is 21.7 Å². The van der Waals surface area contributed by atoms with E-state index in [2.05, 4.69) is 28.2 Å². The van der Waals surface area contributed by atoms with Crippen LogP contribution < -0.4 is 5.32 Å². The Labute approximate surface area is 127 Å². The van der Waals surface area contributed by atoms with Gasteiger partial charge in [-0.25, -0.2) is 4.39 Å². The van der Waals surface area contributed by atoms with Crippen LogP contribution in [0.4, 0.5) is 4.39 Å². The first-order valence-electron chi connectivity index (χ1n) is 6.89. The molecule has 1 aromatic rings. The third kappa shape index (κ3) is 3.87. The van der Waals surface area contributed by atoms with E-state index in [0.29, 0.717) is 18.8 Å². The number of rotatable bonds is 6. The van der Waals surface area contributed by atoms with Crippen LogP contribution in [-0.2, 0) is 16.0 Å². The molecule has 0 amide bonds. The summed E-state index contributed by atoms with van der Waals surface area (Å²) < 4.78 is 19.4. The molecule has 0 saturated carbocycles. The van der Waals surface area contributed by atoms with E-state index in [1.807, 2.05) is 0 Å². The fraction of sp³-hybridized carbons (Fsp3) is 0.533. The van der Waals surface area contributed by atoms with Gasteiger partial charge in [-0.05, 0) is 36.7 Å². The Kier molecular flexibility index (Phi) is 5.69. The van der Waals surface area contributed by atoms with E-state index in [1.54, 1.807) is 6.07 Å². The number of nitrogens with one attached hydrogen (secondary N) is 1. The molecule has 2 rings (SSSR count). The topological polar surface area (TPSA) is 38.3 Å². The lowest BCUT2D eigenvalue weighted by molar-refractivity contribution is -0.122. The maximum Gasteiger partial charge on any atom is 0.144 e. The van der Waals surface area contributed by atoms with Gasteiger partial charge in [0.05, 0.1) is 19.1 Å². The summed E-state index contributed by atoms with van der Waals surface area (Å²) in [7, 11) is 0. The predicted octanol–water partition coefficient (Wildman–Crippen LogP) is 2.71. The average Bonchev–Trinajstić information content (AvgIpc) is 2.89. The lowest BCUT2D eigenvalue weighted by Crippen LogP contribution is -2.40. The number of Topliss-reactive ketones (excluding diaryl/α,β-unsaturated/α-hetero) is 1. The second kappa shape index (κ2) is 7.29. The third-order valence-corrected chi connectivity index (χ3v) is 4.30. The molecule has 1 heterocycles. The molecule has 3 nitrogen and oxygen atoms in total. The molecule has 0 aromatic heterocycles. The Balaban J connectivity index is 2.01. The molecule has 2 unspecified atom stereocenters. The van der Waals surface area contributed by atoms with Crippen LogP contribution in [0.3, 0.4) is 0 Å². The van der Waals surface area contributed by atoms with Crippen molar-refractivity contribution in [3.8, 4) is 0 Å². The first kappa shape index (κ1) is 15.6. The highest BCUT2D eigenvalue weighted by Gasteiger charge is 2.33. The van der Waals surface area contributed by atoms with Crippen molar-refractivity contribution in [2.75, 3.05) is 19.8 Å². The lowest BCUT2D eigenvalue weighted by atomic mass is 9.93. The standard InChI is InChI=1S/C15H19BrFNO2/c1-2-5-18-14-9-20-8-12(14)15(19)7-10-6-11(17)3-4-13(10)16/h3-4,6,12,14,18H,2,5,7-9H2,1H3. The molecular formula is C15H19BrFNO2. The lowest BCUT2D eigenvalue weighted by Gasteiger charge is -2.18. The monoisotopic (exact) mass is 343 g/mol. The van der Waals surface area contributed by atoms with Gasteiger partial charge < -0.3 is 10.1 Å². The van der Waals surface area contributed by atoms with Gasteiger partial charge in [0.2, 0.25) is 0 Å². The van der Waals surface area contributed by atoms with Crippen LogP contribution in [0.15, 0.2) is 22.7 Å². The summed E-state index contributed by atoms with van der Waals surface area (Å²) >= 11 is 3.36. The summed E-state index contributed by atoms with van der Waals surface area (Å²) in [6.07, 6.45) is 1.25. The van der Waals surface area contributed by atoms with Gasteiger partial charge in [0.15, 0.2) is 0 Å². The molecule has 5 heteroatoms. The van der Waals surface area contributed by atoms with E-state index in [4.69, 9.17) is 4.74 Å². The number of hydrogen-bond acceptors (Lipinski definition) is 3. The van der Waals surface area contributed by atoms with Crippen LogP contribution in [0, 0.1) is 11.7 Å². The fourth-order valence-corrected chi connectivity index (χ4v) is 2.79. The van der Waals surface area contributed by atoms with Gasteiger partial charge in [0, 0.05) is 16.9 Å². The number of ketones is 1. The van der Waals surface area contributed by atoms with E-state index in [-0.39, 0.29) is 30.0 Å². The highest BCUT2D eigenvalue weighted by Crippen LogP contribution is 2.22. The number of hydrogen-bond donors (Lipinski definition) is 1. The maximum atomic E-state index is 13.2. The van der Waals surface area contributed by atoms with Crippen molar-refractivity contribution in [1.29, 1.82) is 0 Å². The molecule has 110 valence electrons. The molecule has 1 aliphatic heterocycles. The molecule has 0 spiro atoms. The van der Waals surface area contributed by atoms with Gasteiger partial charge in [-0.1, -0.05) is 22.9 Å². The van der Waals surface area contributed by atoms with Crippen LogP contribution in [0.5, 0.6) is 0 Å². The number of halogens is 2. The molecule has 0 radical (unpaired) electrons. The van der Waals surface area contributed by atoms with Crippen molar-refractivity contribution in [3.63, 3.8) is 0 Å². The fourth-order valence-electron chi connectivity index (χ4n) is 2.40. The quantitative estimate of drug-likeness (QED) is 0.862. The van der Waals surface area contributed by atoms with E-state index in [0.717, 1.165) is 17.4 Å². The molecule has 1 N–H and O–H groups in total. The molecule has 0 aliphatic carbocycles. The molecule has 1 fully saturated rings. The zero-order valence-electron chi connectivity index (χ0n) is 11.5. The van der Waals surface area contributed by atoms with Crippen LogP contribution in [-0.4, -0.2) is 31.6 Å². The molecule has 1 aromatic carbocycles. The van der Waals surface area contributed by atoms with Crippen molar-refractivity contribution in [2.24, 2.45) is 5.92 Å². The van der Waals surface area contributed by atoms with Crippen molar-refractivity contribution in [3.05, 3.63) is 34.1 Å². The summed E-state index contributed by atoms with van der Waals surface area (Å²) in [4.78, 5) is 12.4. The van der Waals surface area contributed by atoms with Crippen molar-refractivity contribution in [2.45, 2.75) is 25.8 Å². The third-order valence-electron chi connectivity index (χ3n) is 3.52. The van der Waals surface area contributed by atoms with Crippen molar-refractivity contribution in [1.82, 2.24) is 5.32 Å². The molecule has 0 bridgehead atoms. The van der Waals surface area contributed by atoms with E-state index < -0.39 is 0 Å². The summed E-state index contributed by atoms with van der Waals surface area (Å²) in [5.74, 6) is -0.363. The van der Waals surface area contributed by atoms with Crippen LogP contribution in [0.1, 0.15) is 18.9 Å². The number of ether oxygens (including phenoxy) is 1. The Hall–Kier alpha value is -0.780. The Bertz CT molecular complexity index is 481. The van der Waals surface area contributed by atoms with Crippen LogP contribution in [0.25, 0.3) is 0 Å². The predicted molar refractivity (Wildman–Crippen MR) is 79.2 cm³/mol. The zero-order valence-corrected chi connectivity index (χ0v) is 13.1. The van der Waals surface area contributed by atoms with Gasteiger partial charge in [-0.2, -0.15) is 0 Å². The Morgan fingerprint density at radius 1 is 1.50 bits per heavy atom. The smallest absolute Gasteiger partial charge is 0.144 e. The molecule has 20 heavy (non-hydrogen) atoms. The van der Waals surface area contributed by atoms with Crippen LogP contribution >= 0.6 is 15.9 Å². The van der Waals surface area contributed by atoms with E-state index >= 15 is 0 Å². The first-order chi connectivity index (χ1) is 9.61. The highest BCUT2D eigenvalue weighted by molar-refractivity contribution is 9.10. The second-order valence-corrected chi connectivity index (χ2v) is 5.94. The Morgan fingerprint density at radius 3 is 3.05 bits per heavy atom. The normalized spacial score (nSPS) is 22.1. The second-order valence-electron chi connectivity index (χ2n) is 5.08. The molecular weight excluding hydrogens is 325 g/mol. The minimum atomic E-state index is -0.320. The maximum absolute atomic E-state index is 13.2. The number of carbonyl (C=O) groups is 1.